The SMILES string of the molecule is CCC1CCN(Cc2cc(Br)ccc2F)C(C(=O)O)C1. The lowest BCUT2D eigenvalue weighted by Crippen LogP contribution is -2.46. The topological polar surface area (TPSA) is 40.5 Å². The maximum Gasteiger partial charge on any atom is 0.320 e. The van der Waals surface area contributed by atoms with Crippen LogP contribution >= 0.6 is 15.9 Å². The van der Waals surface area contributed by atoms with Crippen molar-refractivity contribution in [3.05, 3.63) is 34.1 Å². The van der Waals surface area contributed by atoms with Crippen LogP contribution in [-0.4, -0.2) is 28.6 Å². The first-order valence-corrected chi connectivity index (χ1v) is 7.71. The van der Waals surface area contributed by atoms with Crippen molar-refractivity contribution >= 4 is 21.9 Å². The Morgan fingerprint density at radius 2 is 2.30 bits per heavy atom. The molecule has 2 atom stereocenters. The Balaban J connectivity index is 2.14. The molecule has 110 valence electrons. The first-order valence-electron chi connectivity index (χ1n) is 6.92. The Labute approximate surface area is 126 Å². The zero-order valence-corrected chi connectivity index (χ0v) is 13.1. The molecule has 0 saturated carbocycles. The van der Waals surface area contributed by atoms with E-state index in [2.05, 4.69) is 22.9 Å². The third kappa shape index (κ3) is 3.58. The van der Waals surface area contributed by atoms with Crippen molar-refractivity contribution in [1.82, 2.24) is 4.90 Å². The predicted molar refractivity (Wildman–Crippen MR) is 78.9 cm³/mol. The van der Waals surface area contributed by atoms with Crippen LogP contribution < -0.4 is 0 Å². The lowest BCUT2D eigenvalue weighted by atomic mass is 9.88. The molecule has 1 fully saturated rings. The monoisotopic (exact) mass is 343 g/mol. The Kier molecular flexibility index (Phi) is 5.16. The fraction of sp³-hybridized carbons (Fsp3) is 0.533. The third-order valence-corrected chi connectivity index (χ3v) is 4.56. The van der Waals surface area contributed by atoms with E-state index in [1.54, 1.807) is 12.1 Å². The molecule has 0 bridgehead atoms. The lowest BCUT2D eigenvalue weighted by Gasteiger charge is -2.37. The van der Waals surface area contributed by atoms with E-state index in [1.165, 1.54) is 6.07 Å². The molecule has 0 aliphatic carbocycles. The van der Waals surface area contributed by atoms with E-state index in [1.807, 2.05) is 4.90 Å². The van der Waals surface area contributed by atoms with Crippen molar-refractivity contribution in [2.75, 3.05) is 6.54 Å². The summed E-state index contributed by atoms with van der Waals surface area (Å²) in [6, 6.07) is 4.28. The molecule has 1 aromatic rings. The van der Waals surface area contributed by atoms with Gasteiger partial charge in [0.15, 0.2) is 0 Å². The summed E-state index contributed by atoms with van der Waals surface area (Å²) in [4.78, 5) is 13.3. The second-order valence-electron chi connectivity index (χ2n) is 5.36. The van der Waals surface area contributed by atoms with E-state index >= 15 is 0 Å². The molecule has 1 heterocycles. The normalized spacial score (nSPS) is 23.8. The number of likely N-dealkylation sites (tertiary alicyclic amines) is 1. The van der Waals surface area contributed by atoms with E-state index in [0.29, 0.717) is 31.0 Å². The van der Waals surface area contributed by atoms with Crippen LogP contribution in [0, 0.1) is 11.7 Å². The molecular formula is C15H19BrFNO2. The summed E-state index contributed by atoms with van der Waals surface area (Å²) in [6.07, 6.45) is 2.64. The average molecular weight is 344 g/mol. The van der Waals surface area contributed by atoms with Gasteiger partial charge < -0.3 is 5.11 Å². The highest BCUT2D eigenvalue weighted by Gasteiger charge is 2.32. The van der Waals surface area contributed by atoms with Crippen molar-refractivity contribution in [2.45, 2.75) is 38.8 Å². The van der Waals surface area contributed by atoms with Gasteiger partial charge in [0.2, 0.25) is 0 Å². The highest BCUT2D eigenvalue weighted by Crippen LogP contribution is 2.28. The number of halogens is 2. The fourth-order valence-electron chi connectivity index (χ4n) is 2.79. The number of aliphatic carboxylic acids is 1. The van der Waals surface area contributed by atoms with Gasteiger partial charge in [-0.25, -0.2) is 4.39 Å². The minimum Gasteiger partial charge on any atom is -0.480 e. The highest BCUT2D eigenvalue weighted by molar-refractivity contribution is 9.10. The van der Waals surface area contributed by atoms with Crippen molar-refractivity contribution in [2.24, 2.45) is 5.92 Å². The molecule has 1 aliphatic rings. The van der Waals surface area contributed by atoms with Crippen LogP contribution in [0.25, 0.3) is 0 Å². The van der Waals surface area contributed by atoms with E-state index in [4.69, 9.17) is 0 Å². The molecule has 0 spiro atoms. The minimum absolute atomic E-state index is 0.282. The summed E-state index contributed by atoms with van der Waals surface area (Å²) in [7, 11) is 0. The van der Waals surface area contributed by atoms with Gasteiger partial charge in [-0.2, -0.15) is 0 Å². The zero-order chi connectivity index (χ0) is 14.7. The number of hydrogen-bond donors (Lipinski definition) is 1. The Morgan fingerprint density at radius 1 is 1.55 bits per heavy atom. The summed E-state index contributed by atoms with van der Waals surface area (Å²) in [6.45, 7) is 3.15. The molecule has 1 aliphatic heterocycles. The van der Waals surface area contributed by atoms with Gasteiger partial charge in [-0.15, -0.1) is 0 Å². The van der Waals surface area contributed by atoms with Gasteiger partial charge >= 0.3 is 5.97 Å². The molecule has 0 amide bonds. The van der Waals surface area contributed by atoms with E-state index in [9.17, 15) is 14.3 Å². The van der Waals surface area contributed by atoms with Crippen LogP contribution in [-0.2, 0) is 11.3 Å². The number of hydrogen-bond acceptors (Lipinski definition) is 2. The summed E-state index contributed by atoms with van der Waals surface area (Å²) in [5.74, 6) is -0.631. The zero-order valence-electron chi connectivity index (χ0n) is 11.5. The van der Waals surface area contributed by atoms with Gasteiger partial charge in [0.1, 0.15) is 11.9 Å². The Bertz CT molecular complexity index is 495. The summed E-state index contributed by atoms with van der Waals surface area (Å²) < 4.78 is 14.6. The molecule has 3 nitrogen and oxygen atoms in total. The van der Waals surface area contributed by atoms with Crippen molar-refractivity contribution < 1.29 is 14.3 Å². The second-order valence-corrected chi connectivity index (χ2v) is 6.27. The number of carboxylic acid groups (broad SMARTS) is 1. The van der Waals surface area contributed by atoms with Crippen LogP contribution in [0.1, 0.15) is 31.7 Å². The van der Waals surface area contributed by atoms with Crippen LogP contribution in [0.3, 0.4) is 0 Å². The van der Waals surface area contributed by atoms with Crippen LogP contribution in [0.4, 0.5) is 4.39 Å². The van der Waals surface area contributed by atoms with Crippen molar-refractivity contribution in [3.63, 3.8) is 0 Å². The first-order chi connectivity index (χ1) is 9.51. The summed E-state index contributed by atoms with van der Waals surface area (Å²) >= 11 is 3.32. The standard InChI is InChI=1S/C15H19BrFNO2/c1-2-10-5-6-18(14(7-10)15(19)20)9-11-8-12(16)3-4-13(11)17/h3-4,8,10,14H,2,5-7,9H2,1H3,(H,19,20). The highest BCUT2D eigenvalue weighted by atomic mass is 79.9. The fourth-order valence-corrected chi connectivity index (χ4v) is 3.20. The molecule has 1 saturated heterocycles. The predicted octanol–water partition coefficient (Wildman–Crippen LogP) is 3.66. The van der Waals surface area contributed by atoms with Crippen LogP contribution in [0.2, 0.25) is 0 Å². The quantitative estimate of drug-likeness (QED) is 0.906. The smallest absolute Gasteiger partial charge is 0.320 e. The minimum atomic E-state index is -0.807. The molecule has 5 heteroatoms. The number of nitrogens with zero attached hydrogens (tertiary/aromatic N) is 1. The molecule has 0 aromatic heterocycles. The number of piperidine rings is 1. The van der Waals surface area contributed by atoms with E-state index < -0.39 is 12.0 Å². The largest absolute Gasteiger partial charge is 0.480 e. The van der Waals surface area contributed by atoms with Gasteiger partial charge in [-0.1, -0.05) is 29.3 Å². The average Bonchev–Trinajstić information content (AvgIpc) is 2.43. The van der Waals surface area contributed by atoms with Gasteiger partial charge in [0.25, 0.3) is 0 Å². The van der Waals surface area contributed by atoms with Crippen molar-refractivity contribution in [1.29, 1.82) is 0 Å². The van der Waals surface area contributed by atoms with Crippen LogP contribution in [0.15, 0.2) is 22.7 Å². The van der Waals surface area contributed by atoms with Gasteiger partial charge in [-0.05, 0) is 43.5 Å². The number of rotatable bonds is 4. The maximum absolute atomic E-state index is 13.8. The maximum atomic E-state index is 13.8. The molecular weight excluding hydrogens is 325 g/mol. The molecule has 2 rings (SSSR count). The number of carbonyl (C=O) groups is 1. The van der Waals surface area contributed by atoms with Crippen LogP contribution in [0.5, 0.6) is 0 Å². The van der Waals surface area contributed by atoms with Gasteiger partial charge in [-0.3, -0.25) is 9.69 Å². The molecule has 0 radical (unpaired) electrons. The first kappa shape index (κ1) is 15.4. The molecule has 1 N–H and O–H groups in total. The Morgan fingerprint density at radius 3 is 2.95 bits per heavy atom. The number of carboxylic acids is 1. The molecule has 20 heavy (non-hydrogen) atoms. The Hall–Kier alpha value is -0.940. The lowest BCUT2D eigenvalue weighted by molar-refractivity contribution is -0.145. The second kappa shape index (κ2) is 6.68. The van der Waals surface area contributed by atoms with E-state index in [-0.39, 0.29) is 5.82 Å². The van der Waals surface area contributed by atoms with Gasteiger partial charge in [0.05, 0.1) is 0 Å². The van der Waals surface area contributed by atoms with Crippen molar-refractivity contribution in [3.8, 4) is 0 Å². The number of benzene rings is 1. The summed E-state index contributed by atoms with van der Waals surface area (Å²) in [5.41, 5.74) is 0.542. The molecule has 1 aromatic carbocycles. The third-order valence-electron chi connectivity index (χ3n) is 4.07. The van der Waals surface area contributed by atoms with Gasteiger partial charge in [0, 0.05) is 16.6 Å². The van der Waals surface area contributed by atoms with E-state index in [0.717, 1.165) is 17.3 Å². The molecule has 2 unspecified atom stereocenters. The summed E-state index contributed by atoms with van der Waals surface area (Å²) in [5, 5.41) is 9.38.